The van der Waals surface area contributed by atoms with Gasteiger partial charge in [-0.1, -0.05) is 30.3 Å². The largest absolute Gasteiger partial charge is 0.260 e. The van der Waals surface area contributed by atoms with Gasteiger partial charge in [0.2, 0.25) is 0 Å². The molecule has 0 spiro atoms. The fourth-order valence-electron chi connectivity index (χ4n) is 1.88. The van der Waals surface area contributed by atoms with Crippen LogP contribution in [-0.2, 0) is 6.42 Å². The van der Waals surface area contributed by atoms with Crippen LogP contribution in [0, 0.1) is 0 Å². The molecule has 2 aromatic heterocycles. The van der Waals surface area contributed by atoms with Crippen LogP contribution in [0.2, 0.25) is 0 Å². The molecular weight excluding hydrogens is 214 g/mol. The van der Waals surface area contributed by atoms with Crippen molar-refractivity contribution < 1.29 is 0 Å². The highest BCUT2D eigenvalue weighted by Gasteiger charge is 2.03. The molecule has 1 aromatic carbocycles. The summed E-state index contributed by atoms with van der Waals surface area (Å²) in [6, 6.07) is 14.7. The van der Waals surface area contributed by atoms with E-state index in [0.29, 0.717) is 0 Å². The molecule has 78 valence electrons. The van der Waals surface area contributed by atoms with Gasteiger partial charge in [0.25, 0.3) is 0 Å². The van der Waals surface area contributed by atoms with E-state index in [1.165, 1.54) is 21.3 Å². The summed E-state index contributed by atoms with van der Waals surface area (Å²) in [6.45, 7) is 0. The molecule has 0 radical (unpaired) electrons. The van der Waals surface area contributed by atoms with E-state index in [0.717, 1.165) is 6.42 Å². The molecule has 16 heavy (non-hydrogen) atoms. The molecule has 0 amide bonds. The maximum Gasteiger partial charge on any atom is 0.0534 e. The van der Waals surface area contributed by atoms with Crippen LogP contribution in [-0.4, -0.2) is 4.98 Å². The molecule has 3 aromatic rings. The van der Waals surface area contributed by atoms with Crippen molar-refractivity contribution in [2.24, 2.45) is 0 Å². The van der Waals surface area contributed by atoms with Gasteiger partial charge < -0.3 is 0 Å². The smallest absolute Gasteiger partial charge is 0.0534 e. The first-order chi connectivity index (χ1) is 7.93. The normalized spacial score (nSPS) is 10.8. The van der Waals surface area contributed by atoms with Gasteiger partial charge in [0.05, 0.1) is 5.69 Å². The van der Waals surface area contributed by atoms with Crippen LogP contribution in [0.1, 0.15) is 11.3 Å². The van der Waals surface area contributed by atoms with Crippen molar-refractivity contribution in [2.75, 3.05) is 0 Å². The maximum absolute atomic E-state index is 4.48. The van der Waals surface area contributed by atoms with E-state index in [4.69, 9.17) is 0 Å². The van der Waals surface area contributed by atoms with E-state index in [-0.39, 0.29) is 0 Å². The Balaban J connectivity index is 2.04. The van der Waals surface area contributed by atoms with E-state index in [1.54, 1.807) is 11.3 Å². The maximum atomic E-state index is 4.48. The lowest BCUT2D eigenvalue weighted by molar-refractivity contribution is 1.10. The van der Waals surface area contributed by atoms with Crippen LogP contribution in [0.4, 0.5) is 0 Å². The number of fused-ring (bicyclic) bond motifs is 1. The van der Waals surface area contributed by atoms with Crippen LogP contribution in [0.5, 0.6) is 0 Å². The van der Waals surface area contributed by atoms with Crippen molar-refractivity contribution in [3.63, 3.8) is 0 Å². The highest BCUT2D eigenvalue weighted by molar-refractivity contribution is 7.17. The highest BCUT2D eigenvalue weighted by Crippen LogP contribution is 2.24. The van der Waals surface area contributed by atoms with Crippen molar-refractivity contribution in [3.8, 4) is 0 Å². The standard InChI is InChI=1S/C14H11NS/c1-2-4-11(5-3-1)10-13-12-7-9-16-14(12)6-8-15-13/h1-9H,10H2. The number of thiophene rings is 1. The molecule has 0 N–H and O–H groups in total. The number of hydrogen-bond acceptors (Lipinski definition) is 2. The zero-order chi connectivity index (χ0) is 10.8. The lowest BCUT2D eigenvalue weighted by Gasteiger charge is -2.02. The van der Waals surface area contributed by atoms with Gasteiger partial charge in [-0.15, -0.1) is 11.3 Å². The van der Waals surface area contributed by atoms with Crippen LogP contribution in [0.3, 0.4) is 0 Å². The van der Waals surface area contributed by atoms with Gasteiger partial charge in [0.1, 0.15) is 0 Å². The summed E-state index contributed by atoms with van der Waals surface area (Å²) in [5.41, 5.74) is 2.48. The first-order valence-corrected chi connectivity index (χ1v) is 6.16. The zero-order valence-corrected chi connectivity index (χ0v) is 9.58. The molecule has 0 aliphatic heterocycles. The highest BCUT2D eigenvalue weighted by atomic mass is 32.1. The molecular formula is C14H11NS. The van der Waals surface area contributed by atoms with Gasteiger partial charge in [-0.3, -0.25) is 4.98 Å². The molecule has 0 unspecified atom stereocenters. The minimum Gasteiger partial charge on any atom is -0.260 e. The molecule has 2 heterocycles. The molecule has 0 saturated carbocycles. The monoisotopic (exact) mass is 225 g/mol. The molecule has 3 rings (SSSR count). The summed E-state index contributed by atoms with van der Waals surface area (Å²) in [7, 11) is 0. The van der Waals surface area contributed by atoms with Crippen molar-refractivity contribution in [2.45, 2.75) is 6.42 Å². The Kier molecular flexibility index (Phi) is 2.43. The number of hydrogen-bond donors (Lipinski definition) is 0. The van der Waals surface area contributed by atoms with Gasteiger partial charge in [-0.05, 0) is 23.1 Å². The predicted octanol–water partition coefficient (Wildman–Crippen LogP) is 3.89. The second-order valence-corrected chi connectivity index (χ2v) is 4.70. The minimum absolute atomic E-state index is 0.912. The van der Waals surface area contributed by atoms with Gasteiger partial charge >= 0.3 is 0 Å². The van der Waals surface area contributed by atoms with Crippen molar-refractivity contribution in [1.82, 2.24) is 4.98 Å². The number of nitrogens with zero attached hydrogens (tertiary/aromatic N) is 1. The second-order valence-electron chi connectivity index (χ2n) is 3.75. The lowest BCUT2D eigenvalue weighted by atomic mass is 10.1. The Labute approximate surface area is 98.4 Å². The average molecular weight is 225 g/mol. The molecule has 0 atom stereocenters. The molecule has 1 nitrogen and oxygen atoms in total. The third-order valence-corrected chi connectivity index (χ3v) is 3.56. The number of benzene rings is 1. The Bertz CT molecular complexity index is 598. The van der Waals surface area contributed by atoms with Crippen LogP contribution < -0.4 is 0 Å². The third-order valence-electron chi connectivity index (χ3n) is 2.68. The van der Waals surface area contributed by atoms with Crippen molar-refractivity contribution in [1.29, 1.82) is 0 Å². The lowest BCUT2D eigenvalue weighted by Crippen LogP contribution is -1.91. The SMILES string of the molecule is c1ccc(Cc2nccc3sccc23)cc1. The second kappa shape index (κ2) is 4.06. The Hall–Kier alpha value is -1.67. The van der Waals surface area contributed by atoms with Crippen molar-refractivity contribution >= 4 is 21.4 Å². The van der Waals surface area contributed by atoms with E-state index >= 15 is 0 Å². The molecule has 0 saturated heterocycles. The van der Waals surface area contributed by atoms with Gasteiger partial charge in [-0.25, -0.2) is 0 Å². The number of pyridine rings is 1. The Morgan fingerprint density at radius 2 is 1.88 bits per heavy atom. The molecule has 0 aliphatic carbocycles. The summed E-state index contributed by atoms with van der Waals surface area (Å²) in [5, 5.41) is 3.41. The number of aromatic nitrogens is 1. The topological polar surface area (TPSA) is 12.9 Å². The average Bonchev–Trinajstić information content (AvgIpc) is 2.80. The molecule has 0 bridgehead atoms. The molecule has 2 heteroatoms. The summed E-state index contributed by atoms with van der Waals surface area (Å²) < 4.78 is 1.32. The van der Waals surface area contributed by atoms with Crippen LogP contribution in [0.25, 0.3) is 10.1 Å². The first kappa shape index (κ1) is 9.55. The quantitative estimate of drug-likeness (QED) is 0.645. The van der Waals surface area contributed by atoms with E-state index < -0.39 is 0 Å². The van der Waals surface area contributed by atoms with E-state index in [2.05, 4.69) is 46.8 Å². The summed E-state index contributed by atoms with van der Waals surface area (Å²) in [4.78, 5) is 4.48. The predicted molar refractivity (Wildman–Crippen MR) is 68.9 cm³/mol. The van der Waals surface area contributed by atoms with E-state index in [1.807, 2.05) is 12.3 Å². The summed E-state index contributed by atoms with van der Waals surface area (Å²) >= 11 is 1.77. The van der Waals surface area contributed by atoms with Crippen molar-refractivity contribution in [3.05, 3.63) is 65.3 Å². The van der Waals surface area contributed by atoms with Gasteiger partial charge in [0, 0.05) is 22.7 Å². The minimum atomic E-state index is 0.912. The zero-order valence-electron chi connectivity index (χ0n) is 8.76. The summed E-state index contributed by atoms with van der Waals surface area (Å²) in [6.07, 6.45) is 2.81. The Morgan fingerprint density at radius 1 is 1.00 bits per heavy atom. The van der Waals surface area contributed by atoms with Crippen LogP contribution in [0.15, 0.2) is 54.0 Å². The van der Waals surface area contributed by atoms with Gasteiger partial charge in [-0.2, -0.15) is 0 Å². The number of rotatable bonds is 2. The first-order valence-electron chi connectivity index (χ1n) is 5.28. The van der Waals surface area contributed by atoms with Gasteiger partial charge in [0.15, 0.2) is 0 Å². The fourth-order valence-corrected chi connectivity index (χ4v) is 2.69. The molecule has 0 fully saturated rings. The van der Waals surface area contributed by atoms with Crippen LogP contribution >= 0.6 is 11.3 Å². The Morgan fingerprint density at radius 3 is 2.75 bits per heavy atom. The van der Waals surface area contributed by atoms with E-state index in [9.17, 15) is 0 Å². The fraction of sp³-hybridized carbons (Fsp3) is 0.0714. The molecule has 0 aliphatic rings. The summed E-state index contributed by atoms with van der Waals surface area (Å²) in [5.74, 6) is 0. The third kappa shape index (κ3) is 1.72.